The van der Waals surface area contributed by atoms with Gasteiger partial charge in [0.25, 0.3) is 5.91 Å². The molecule has 1 fully saturated rings. The molecule has 6 heteroatoms. The normalized spacial score (nSPS) is 18.0. The van der Waals surface area contributed by atoms with E-state index in [4.69, 9.17) is 4.42 Å². The topological polar surface area (TPSA) is 45.5 Å². The molecule has 1 unspecified atom stereocenters. The fourth-order valence-electron chi connectivity index (χ4n) is 2.43. The van der Waals surface area contributed by atoms with Gasteiger partial charge >= 0.3 is 0 Å². The number of carbonyl (C=O) groups is 1. The molecule has 1 amide bonds. The third-order valence-corrected chi connectivity index (χ3v) is 4.08. The van der Waals surface area contributed by atoms with E-state index in [1.807, 2.05) is 25.2 Å². The van der Waals surface area contributed by atoms with Crippen LogP contribution >= 0.6 is 28.3 Å². The summed E-state index contributed by atoms with van der Waals surface area (Å²) in [6.45, 7) is 1.82. The molecule has 1 saturated heterocycles. The first-order chi connectivity index (χ1) is 9.15. The van der Waals surface area contributed by atoms with Crippen molar-refractivity contribution in [3.63, 3.8) is 0 Å². The van der Waals surface area contributed by atoms with E-state index in [1.54, 1.807) is 11.0 Å². The van der Waals surface area contributed by atoms with Gasteiger partial charge in [-0.25, -0.2) is 0 Å². The van der Waals surface area contributed by atoms with Crippen LogP contribution in [0.3, 0.4) is 0 Å². The molecule has 0 bridgehead atoms. The lowest BCUT2D eigenvalue weighted by Crippen LogP contribution is -2.38. The lowest BCUT2D eigenvalue weighted by molar-refractivity contribution is 0.0714. The fraction of sp³-hybridized carbons (Fsp3) is 0.357. The third kappa shape index (κ3) is 2.85. The monoisotopic (exact) mass is 358 g/mol. The molecule has 3 rings (SSSR count). The minimum atomic E-state index is -0.0546. The second-order valence-corrected chi connectivity index (χ2v) is 5.77. The first-order valence-electron chi connectivity index (χ1n) is 6.32. The van der Waals surface area contributed by atoms with Crippen LogP contribution in [-0.2, 0) is 0 Å². The maximum absolute atomic E-state index is 12.4. The van der Waals surface area contributed by atoms with Crippen molar-refractivity contribution in [3.8, 4) is 0 Å². The molecule has 1 aromatic carbocycles. The number of likely N-dealkylation sites (N-methyl/N-ethyl adjacent to an activating group) is 1. The summed E-state index contributed by atoms with van der Waals surface area (Å²) in [5.74, 6) is 0.350. The minimum Gasteiger partial charge on any atom is -0.451 e. The van der Waals surface area contributed by atoms with Crippen molar-refractivity contribution in [1.29, 1.82) is 0 Å². The second kappa shape index (κ2) is 6.16. The summed E-state index contributed by atoms with van der Waals surface area (Å²) in [7, 11) is 1.84. The second-order valence-electron chi connectivity index (χ2n) is 4.86. The number of rotatable bonds is 2. The number of amides is 1. The highest BCUT2D eigenvalue weighted by Gasteiger charge is 2.26. The van der Waals surface area contributed by atoms with Crippen molar-refractivity contribution in [2.75, 3.05) is 20.1 Å². The Kier molecular flexibility index (Phi) is 4.73. The smallest absolute Gasteiger partial charge is 0.289 e. The number of fused-ring (bicyclic) bond motifs is 1. The number of furan rings is 1. The van der Waals surface area contributed by atoms with Gasteiger partial charge in [0, 0.05) is 29.5 Å². The lowest BCUT2D eigenvalue weighted by atomic mass is 10.2. The highest BCUT2D eigenvalue weighted by molar-refractivity contribution is 9.10. The SMILES string of the molecule is CN(C(=O)c1cc2cc(Br)ccc2o1)C1CCNC1.Cl. The van der Waals surface area contributed by atoms with E-state index in [0.29, 0.717) is 5.76 Å². The number of hydrogen-bond donors (Lipinski definition) is 1. The van der Waals surface area contributed by atoms with Crippen LogP contribution in [0.2, 0.25) is 0 Å². The molecule has 2 aromatic rings. The Balaban J connectivity index is 0.00000147. The van der Waals surface area contributed by atoms with Gasteiger partial charge in [-0.1, -0.05) is 15.9 Å². The molecule has 0 aliphatic carbocycles. The quantitative estimate of drug-likeness (QED) is 0.896. The van der Waals surface area contributed by atoms with E-state index in [-0.39, 0.29) is 24.4 Å². The molecule has 4 nitrogen and oxygen atoms in total. The molecule has 20 heavy (non-hydrogen) atoms. The van der Waals surface area contributed by atoms with E-state index in [9.17, 15) is 4.79 Å². The summed E-state index contributed by atoms with van der Waals surface area (Å²) in [5.41, 5.74) is 0.740. The summed E-state index contributed by atoms with van der Waals surface area (Å²) < 4.78 is 6.61. The van der Waals surface area contributed by atoms with E-state index in [2.05, 4.69) is 21.2 Å². The van der Waals surface area contributed by atoms with Crippen LogP contribution in [0.25, 0.3) is 11.0 Å². The summed E-state index contributed by atoms with van der Waals surface area (Å²) in [6, 6.07) is 7.79. The zero-order valence-corrected chi connectivity index (χ0v) is 13.5. The molecule has 1 aliphatic heterocycles. The first kappa shape index (κ1) is 15.4. The largest absolute Gasteiger partial charge is 0.451 e. The predicted octanol–water partition coefficient (Wildman–Crippen LogP) is 3.05. The zero-order chi connectivity index (χ0) is 13.4. The van der Waals surface area contributed by atoms with Crippen LogP contribution in [0.15, 0.2) is 33.2 Å². The minimum absolute atomic E-state index is 0. The Morgan fingerprint density at radius 3 is 2.95 bits per heavy atom. The number of hydrogen-bond acceptors (Lipinski definition) is 3. The van der Waals surface area contributed by atoms with Gasteiger partial charge in [0.1, 0.15) is 5.58 Å². The van der Waals surface area contributed by atoms with Gasteiger partial charge in [0.05, 0.1) is 0 Å². The lowest BCUT2D eigenvalue weighted by Gasteiger charge is -2.22. The molecule has 0 radical (unpaired) electrons. The van der Waals surface area contributed by atoms with Crippen molar-refractivity contribution in [2.24, 2.45) is 0 Å². The average Bonchev–Trinajstić information content (AvgIpc) is 3.05. The van der Waals surface area contributed by atoms with E-state index in [0.717, 1.165) is 35.0 Å². The van der Waals surface area contributed by atoms with E-state index < -0.39 is 0 Å². The Morgan fingerprint density at radius 2 is 2.25 bits per heavy atom. The number of benzene rings is 1. The molecule has 108 valence electrons. The Morgan fingerprint density at radius 1 is 1.45 bits per heavy atom. The Labute approximate surface area is 132 Å². The first-order valence-corrected chi connectivity index (χ1v) is 7.11. The summed E-state index contributed by atoms with van der Waals surface area (Å²) >= 11 is 3.42. The zero-order valence-electron chi connectivity index (χ0n) is 11.1. The van der Waals surface area contributed by atoms with Crippen LogP contribution < -0.4 is 5.32 Å². The molecular weight excluding hydrogens is 344 g/mol. The van der Waals surface area contributed by atoms with Gasteiger partial charge in [0.15, 0.2) is 5.76 Å². The predicted molar refractivity (Wildman–Crippen MR) is 84.5 cm³/mol. The van der Waals surface area contributed by atoms with Crippen LogP contribution in [0, 0.1) is 0 Å². The number of nitrogens with one attached hydrogen (secondary N) is 1. The van der Waals surface area contributed by atoms with Crippen LogP contribution in [0.1, 0.15) is 17.0 Å². The van der Waals surface area contributed by atoms with Gasteiger partial charge in [-0.3, -0.25) is 4.79 Å². The molecular formula is C14H16BrClN2O2. The van der Waals surface area contributed by atoms with Crippen LogP contribution in [-0.4, -0.2) is 37.0 Å². The van der Waals surface area contributed by atoms with E-state index in [1.165, 1.54) is 0 Å². The van der Waals surface area contributed by atoms with Crippen LogP contribution in [0.4, 0.5) is 0 Å². The maximum Gasteiger partial charge on any atom is 0.289 e. The molecule has 1 aliphatic rings. The van der Waals surface area contributed by atoms with E-state index >= 15 is 0 Å². The molecule has 1 N–H and O–H groups in total. The van der Waals surface area contributed by atoms with Crippen molar-refractivity contribution in [1.82, 2.24) is 10.2 Å². The van der Waals surface area contributed by atoms with Gasteiger partial charge in [0.2, 0.25) is 0 Å². The van der Waals surface area contributed by atoms with Gasteiger partial charge in [-0.15, -0.1) is 12.4 Å². The Bertz CT molecular complexity index is 623. The third-order valence-electron chi connectivity index (χ3n) is 3.59. The number of carbonyl (C=O) groups excluding carboxylic acids is 1. The van der Waals surface area contributed by atoms with Gasteiger partial charge in [-0.05, 0) is 37.2 Å². The highest BCUT2D eigenvalue weighted by atomic mass is 79.9. The van der Waals surface area contributed by atoms with Crippen molar-refractivity contribution in [3.05, 3.63) is 34.5 Å². The average molecular weight is 360 g/mol. The van der Waals surface area contributed by atoms with Crippen molar-refractivity contribution < 1.29 is 9.21 Å². The Hall–Kier alpha value is -1.04. The van der Waals surface area contributed by atoms with Crippen molar-refractivity contribution in [2.45, 2.75) is 12.5 Å². The molecule has 1 aromatic heterocycles. The maximum atomic E-state index is 12.4. The van der Waals surface area contributed by atoms with Crippen molar-refractivity contribution >= 4 is 45.2 Å². The molecule has 0 saturated carbocycles. The number of nitrogens with zero attached hydrogens (tertiary/aromatic N) is 1. The summed E-state index contributed by atoms with van der Waals surface area (Å²) in [5, 5.41) is 4.20. The molecule has 0 spiro atoms. The summed E-state index contributed by atoms with van der Waals surface area (Å²) in [4.78, 5) is 14.1. The standard InChI is InChI=1S/C14H15BrN2O2.ClH/c1-17(11-4-5-16-8-11)14(18)13-7-9-6-10(15)2-3-12(9)19-13;/h2-3,6-7,11,16H,4-5,8H2,1H3;1H. The molecule has 1 atom stereocenters. The molecule has 2 heterocycles. The number of halogens is 2. The summed E-state index contributed by atoms with van der Waals surface area (Å²) in [6.07, 6.45) is 0.994. The van der Waals surface area contributed by atoms with Gasteiger partial charge < -0.3 is 14.6 Å². The highest BCUT2D eigenvalue weighted by Crippen LogP contribution is 2.24. The fourth-order valence-corrected chi connectivity index (χ4v) is 2.81. The van der Waals surface area contributed by atoms with Crippen LogP contribution in [0.5, 0.6) is 0 Å². The van der Waals surface area contributed by atoms with Gasteiger partial charge in [-0.2, -0.15) is 0 Å².